The van der Waals surface area contributed by atoms with Crippen LogP contribution in [-0.4, -0.2) is 41.3 Å². The van der Waals surface area contributed by atoms with E-state index in [-0.39, 0.29) is 23.6 Å². The largest absolute Gasteiger partial charge is 0.348 e. The number of hydrogen-bond donors (Lipinski definition) is 1. The third-order valence-corrected chi connectivity index (χ3v) is 5.76. The van der Waals surface area contributed by atoms with Crippen LogP contribution in [-0.2, 0) is 7.05 Å². The predicted octanol–water partition coefficient (Wildman–Crippen LogP) is 2.00. The molecule has 9 nitrogen and oxygen atoms in total. The van der Waals surface area contributed by atoms with Gasteiger partial charge in [-0.15, -0.1) is 5.10 Å². The van der Waals surface area contributed by atoms with Gasteiger partial charge in [-0.1, -0.05) is 0 Å². The van der Waals surface area contributed by atoms with E-state index in [1.54, 1.807) is 32.2 Å². The summed E-state index contributed by atoms with van der Waals surface area (Å²) in [6, 6.07) is 7.11. The number of aryl methyl sites for hydroxylation is 4. The number of amides is 1. The van der Waals surface area contributed by atoms with Crippen molar-refractivity contribution in [3.8, 4) is 5.82 Å². The first-order valence-corrected chi connectivity index (χ1v) is 10.3. The molecule has 0 radical (unpaired) electrons. The third kappa shape index (κ3) is 3.92. The van der Waals surface area contributed by atoms with Crippen molar-refractivity contribution in [2.75, 3.05) is 0 Å². The molecule has 0 aliphatic heterocycles. The average molecular weight is 409 g/mol. The standard InChI is InChI=1S/C21H27N7O2/c1-13-11-15(3)27(23-13)19-9-10-20(29)28(25-19)17-7-5-16(6-8-17)22-21(30)18-12-14(2)26(4)24-18/h9-12,16-17H,5-8H2,1-4H3,(H,22,30). The van der Waals surface area contributed by atoms with Gasteiger partial charge in [0, 0.05) is 30.5 Å². The van der Waals surface area contributed by atoms with Crippen LogP contribution in [0.2, 0.25) is 0 Å². The van der Waals surface area contributed by atoms with Gasteiger partial charge in [-0.2, -0.15) is 10.2 Å². The highest BCUT2D eigenvalue weighted by Gasteiger charge is 2.26. The Morgan fingerprint density at radius 1 is 1.00 bits per heavy atom. The van der Waals surface area contributed by atoms with Crippen LogP contribution in [0.3, 0.4) is 0 Å². The van der Waals surface area contributed by atoms with Crippen molar-refractivity contribution < 1.29 is 4.79 Å². The van der Waals surface area contributed by atoms with Gasteiger partial charge in [-0.25, -0.2) is 9.36 Å². The lowest BCUT2D eigenvalue weighted by atomic mass is 9.91. The third-order valence-electron chi connectivity index (χ3n) is 5.76. The van der Waals surface area contributed by atoms with E-state index in [2.05, 4.69) is 20.6 Å². The molecule has 0 bridgehead atoms. The van der Waals surface area contributed by atoms with Crippen LogP contribution < -0.4 is 10.9 Å². The average Bonchev–Trinajstić information content (AvgIpc) is 3.23. The molecule has 1 aliphatic carbocycles. The van der Waals surface area contributed by atoms with E-state index in [4.69, 9.17) is 0 Å². The Kier molecular flexibility index (Phi) is 5.27. The van der Waals surface area contributed by atoms with Crippen molar-refractivity contribution in [3.05, 3.63) is 57.4 Å². The van der Waals surface area contributed by atoms with Gasteiger partial charge in [0.25, 0.3) is 11.5 Å². The predicted molar refractivity (Wildman–Crippen MR) is 112 cm³/mol. The number of nitrogens with one attached hydrogen (secondary N) is 1. The Balaban J connectivity index is 1.44. The van der Waals surface area contributed by atoms with E-state index in [0.29, 0.717) is 11.5 Å². The van der Waals surface area contributed by atoms with Crippen molar-refractivity contribution in [1.29, 1.82) is 0 Å². The maximum atomic E-state index is 12.5. The van der Waals surface area contributed by atoms with Gasteiger partial charge in [0.15, 0.2) is 5.82 Å². The molecule has 30 heavy (non-hydrogen) atoms. The quantitative estimate of drug-likeness (QED) is 0.710. The summed E-state index contributed by atoms with van der Waals surface area (Å²) in [6.07, 6.45) is 3.14. The molecule has 3 heterocycles. The maximum Gasteiger partial charge on any atom is 0.272 e. The summed E-state index contributed by atoms with van der Waals surface area (Å²) in [5.74, 6) is 0.491. The summed E-state index contributed by atoms with van der Waals surface area (Å²) in [6.45, 7) is 5.81. The molecule has 1 fully saturated rings. The van der Waals surface area contributed by atoms with E-state index in [9.17, 15) is 9.59 Å². The molecule has 3 aromatic heterocycles. The van der Waals surface area contributed by atoms with Gasteiger partial charge < -0.3 is 5.32 Å². The lowest BCUT2D eigenvalue weighted by Crippen LogP contribution is -2.39. The van der Waals surface area contributed by atoms with Gasteiger partial charge in [-0.05, 0) is 64.7 Å². The highest BCUT2D eigenvalue weighted by molar-refractivity contribution is 5.92. The van der Waals surface area contributed by atoms with Gasteiger partial charge in [0.2, 0.25) is 0 Å². The van der Waals surface area contributed by atoms with Crippen LogP contribution in [0.15, 0.2) is 29.1 Å². The Morgan fingerprint density at radius 3 is 2.33 bits per heavy atom. The van der Waals surface area contributed by atoms with Crippen molar-refractivity contribution in [3.63, 3.8) is 0 Å². The van der Waals surface area contributed by atoms with Crippen LogP contribution in [0.1, 0.15) is 59.3 Å². The minimum Gasteiger partial charge on any atom is -0.348 e. The minimum atomic E-state index is -0.149. The Bertz CT molecular complexity index is 1110. The Hall–Kier alpha value is -3.23. The summed E-state index contributed by atoms with van der Waals surface area (Å²) in [5, 5.41) is 16.4. The molecule has 0 unspecified atom stereocenters. The highest BCUT2D eigenvalue weighted by Crippen LogP contribution is 2.27. The molecule has 4 rings (SSSR count). The first-order chi connectivity index (χ1) is 14.3. The van der Waals surface area contributed by atoms with Gasteiger partial charge in [0.05, 0.1) is 11.7 Å². The second-order valence-electron chi connectivity index (χ2n) is 8.09. The molecule has 1 N–H and O–H groups in total. The molecule has 0 saturated heterocycles. The normalized spacial score (nSPS) is 19.1. The van der Waals surface area contributed by atoms with E-state index in [0.717, 1.165) is 42.8 Å². The van der Waals surface area contributed by atoms with E-state index < -0.39 is 0 Å². The minimum absolute atomic E-state index is 0.0136. The van der Waals surface area contributed by atoms with E-state index in [1.807, 2.05) is 33.9 Å². The molecular weight excluding hydrogens is 382 g/mol. The van der Waals surface area contributed by atoms with Crippen molar-refractivity contribution in [1.82, 2.24) is 34.7 Å². The first kappa shape index (κ1) is 20.1. The number of carbonyl (C=O) groups excluding carboxylic acids is 1. The van der Waals surface area contributed by atoms with Gasteiger partial charge in [0.1, 0.15) is 5.69 Å². The van der Waals surface area contributed by atoms with Crippen LogP contribution in [0, 0.1) is 20.8 Å². The second-order valence-corrected chi connectivity index (χ2v) is 8.09. The van der Waals surface area contributed by atoms with Gasteiger partial charge >= 0.3 is 0 Å². The molecule has 0 atom stereocenters. The zero-order valence-electron chi connectivity index (χ0n) is 17.8. The number of carbonyl (C=O) groups is 1. The fourth-order valence-corrected chi connectivity index (χ4v) is 4.05. The van der Waals surface area contributed by atoms with E-state index in [1.165, 1.54) is 0 Å². The number of hydrogen-bond acceptors (Lipinski definition) is 5. The van der Waals surface area contributed by atoms with Gasteiger partial charge in [-0.3, -0.25) is 14.3 Å². The van der Waals surface area contributed by atoms with Crippen LogP contribution in [0.25, 0.3) is 5.82 Å². The highest BCUT2D eigenvalue weighted by atomic mass is 16.2. The SMILES string of the molecule is Cc1cc(C)n(-c2ccc(=O)n(C3CCC(NC(=O)c4cc(C)n(C)n4)CC3)n2)n1. The van der Waals surface area contributed by atoms with Crippen LogP contribution in [0.5, 0.6) is 0 Å². The lowest BCUT2D eigenvalue weighted by molar-refractivity contribution is 0.0915. The molecule has 1 saturated carbocycles. The summed E-state index contributed by atoms with van der Waals surface area (Å²) < 4.78 is 5.03. The Labute approximate surface area is 174 Å². The molecule has 3 aromatic rings. The molecule has 0 aromatic carbocycles. The summed E-state index contributed by atoms with van der Waals surface area (Å²) in [7, 11) is 1.82. The van der Waals surface area contributed by atoms with Crippen molar-refractivity contribution >= 4 is 5.91 Å². The first-order valence-electron chi connectivity index (χ1n) is 10.3. The summed E-state index contributed by atoms with van der Waals surface area (Å²) >= 11 is 0. The molecule has 0 spiro atoms. The molecule has 1 aliphatic rings. The number of rotatable bonds is 4. The fraction of sp³-hybridized carbons (Fsp3) is 0.476. The van der Waals surface area contributed by atoms with Crippen molar-refractivity contribution in [2.45, 2.75) is 58.5 Å². The molecular formula is C21H27N7O2. The summed E-state index contributed by atoms with van der Waals surface area (Å²) in [5.41, 5.74) is 3.15. The second kappa shape index (κ2) is 7.89. The number of aromatic nitrogens is 6. The summed E-state index contributed by atoms with van der Waals surface area (Å²) in [4.78, 5) is 24.9. The lowest BCUT2D eigenvalue weighted by Gasteiger charge is -2.29. The molecule has 9 heteroatoms. The molecule has 1 amide bonds. The number of nitrogens with zero attached hydrogens (tertiary/aromatic N) is 6. The Morgan fingerprint density at radius 2 is 1.73 bits per heavy atom. The topological polar surface area (TPSA) is 99.6 Å². The van der Waals surface area contributed by atoms with Crippen LogP contribution in [0.4, 0.5) is 0 Å². The zero-order valence-corrected chi connectivity index (χ0v) is 17.8. The van der Waals surface area contributed by atoms with Crippen molar-refractivity contribution in [2.24, 2.45) is 7.05 Å². The van der Waals surface area contributed by atoms with E-state index >= 15 is 0 Å². The maximum absolute atomic E-state index is 12.5. The smallest absolute Gasteiger partial charge is 0.272 e. The monoisotopic (exact) mass is 409 g/mol. The molecule has 158 valence electrons. The van der Waals surface area contributed by atoms with Crippen LogP contribution >= 0.6 is 0 Å². The zero-order chi connectivity index (χ0) is 21.4. The fourth-order valence-electron chi connectivity index (χ4n) is 4.05.